The van der Waals surface area contributed by atoms with Crippen LogP contribution in [-0.2, 0) is 11.3 Å². The SMILES string of the molecule is O=C(OCc1ccccc1)N1C=CC(Cl)=CC1C1CCCCC1. The van der Waals surface area contributed by atoms with E-state index in [0.29, 0.717) is 17.6 Å². The molecule has 0 N–H and O–H groups in total. The summed E-state index contributed by atoms with van der Waals surface area (Å²) in [5, 5.41) is 0.702. The lowest BCUT2D eigenvalue weighted by atomic mass is 9.82. The van der Waals surface area contributed by atoms with Crippen molar-refractivity contribution in [3.8, 4) is 0 Å². The van der Waals surface area contributed by atoms with E-state index < -0.39 is 0 Å². The summed E-state index contributed by atoms with van der Waals surface area (Å²) in [6.45, 7) is 0.291. The molecule has 3 nitrogen and oxygen atoms in total. The van der Waals surface area contributed by atoms with E-state index in [1.54, 1.807) is 17.2 Å². The quantitative estimate of drug-likeness (QED) is 0.759. The van der Waals surface area contributed by atoms with Gasteiger partial charge in [0.2, 0.25) is 0 Å². The molecule has 1 atom stereocenters. The van der Waals surface area contributed by atoms with Gasteiger partial charge in [0.05, 0.1) is 6.04 Å². The van der Waals surface area contributed by atoms with E-state index in [1.807, 2.05) is 36.4 Å². The molecule has 1 aromatic carbocycles. The van der Waals surface area contributed by atoms with E-state index in [9.17, 15) is 4.79 Å². The molecule has 1 aromatic rings. The van der Waals surface area contributed by atoms with Crippen molar-refractivity contribution in [1.29, 1.82) is 0 Å². The van der Waals surface area contributed by atoms with Gasteiger partial charge in [0.25, 0.3) is 0 Å². The zero-order valence-electron chi connectivity index (χ0n) is 13.2. The molecular formula is C19H22ClNO2. The predicted molar refractivity (Wildman–Crippen MR) is 91.9 cm³/mol. The fourth-order valence-corrected chi connectivity index (χ4v) is 3.55. The number of amides is 1. The van der Waals surface area contributed by atoms with Crippen LogP contribution in [0.15, 0.2) is 53.7 Å². The summed E-state index contributed by atoms with van der Waals surface area (Å²) in [6, 6.07) is 9.75. The summed E-state index contributed by atoms with van der Waals surface area (Å²) in [5.74, 6) is 0.465. The fourth-order valence-electron chi connectivity index (χ4n) is 3.37. The number of carbonyl (C=O) groups is 1. The summed E-state index contributed by atoms with van der Waals surface area (Å²) in [7, 11) is 0. The van der Waals surface area contributed by atoms with Crippen molar-refractivity contribution < 1.29 is 9.53 Å². The van der Waals surface area contributed by atoms with Crippen molar-refractivity contribution in [1.82, 2.24) is 4.90 Å². The standard InChI is InChI=1S/C19H22ClNO2/c20-17-11-12-21(18(13-17)16-9-5-2-6-10-16)19(22)23-14-15-7-3-1-4-8-15/h1,3-4,7-8,11-13,16,18H,2,5-6,9-10,14H2. The molecule has 1 fully saturated rings. The first kappa shape index (κ1) is 16.1. The van der Waals surface area contributed by atoms with Crippen LogP contribution in [0.3, 0.4) is 0 Å². The summed E-state index contributed by atoms with van der Waals surface area (Å²) >= 11 is 6.17. The van der Waals surface area contributed by atoms with E-state index in [2.05, 4.69) is 0 Å². The van der Waals surface area contributed by atoms with Crippen LogP contribution < -0.4 is 0 Å². The molecule has 0 saturated heterocycles. The van der Waals surface area contributed by atoms with Crippen LogP contribution in [0.4, 0.5) is 4.79 Å². The Morgan fingerprint density at radius 1 is 1.17 bits per heavy atom. The van der Waals surface area contributed by atoms with Crippen molar-refractivity contribution in [3.05, 3.63) is 59.3 Å². The summed E-state index contributed by atoms with van der Waals surface area (Å²) < 4.78 is 5.49. The van der Waals surface area contributed by atoms with Crippen LogP contribution in [0.5, 0.6) is 0 Å². The molecule has 1 unspecified atom stereocenters. The van der Waals surface area contributed by atoms with Gasteiger partial charge in [-0.2, -0.15) is 0 Å². The van der Waals surface area contributed by atoms with Crippen LogP contribution in [0, 0.1) is 5.92 Å². The van der Waals surface area contributed by atoms with Gasteiger partial charge in [0.1, 0.15) is 6.61 Å². The van der Waals surface area contributed by atoms with Crippen molar-refractivity contribution in [3.63, 3.8) is 0 Å². The number of hydrogen-bond donors (Lipinski definition) is 0. The molecule has 3 rings (SSSR count). The molecule has 1 aliphatic carbocycles. The molecule has 0 spiro atoms. The maximum atomic E-state index is 12.5. The normalized spacial score (nSPS) is 21.9. The third-order valence-electron chi connectivity index (χ3n) is 4.59. The molecule has 0 bridgehead atoms. The van der Waals surface area contributed by atoms with Gasteiger partial charge in [0, 0.05) is 11.2 Å². The second-order valence-electron chi connectivity index (χ2n) is 6.20. The van der Waals surface area contributed by atoms with Crippen molar-refractivity contribution in [2.45, 2.75) is 44.8 Å². The Hall–Kier alpha value is -1.74. The highest BCUT2D eigenvalue weighted by atomic mass is 35.5. The van der Waals surface area contributed by atoms with Crippen LogP contribution in [-0.4, -0.2) is 17.0 Å². The number of nitrogens with zero attached hydrogens (tertiary/aromatic N) is 1. The van der Waals surface area contributed by atoms with Gasteiger partial charge < -0.3 is 4.74 Å². The van der Waals surface area contributed by atoms with E-state index in [-0.39, 0.29) is 12.1 Å². The second-order valence-corrected chi connectivity index (χ2v) is 6.64. The lowest BCUT2D eigenvalue weighted by Gasteiger charge is -2.36. The summed E-state index contributed by atoms with van der Waals surface area (Å²) in [6.07, 6.45) is 11.2. The first-order valence-electron chi connectivity index (χ1n) is 8.28. The van der Waals surface area contributed by atoms with Crippen LogP contribution in [0.1, 0.15) is 37.7 Å². The van der Waals surface area contributed by atoms with E-state index in [4.69, 9.17) is 16.3 Å². The first-order chi connectivity index (χ1) is 11.2. The number of halogens is 1. The Kier molecular flexibility index (Phi) is 5.39. The van der Waals surface area contributed by atoms with Gasteiger partial charge in [0.15, 0.2) is 0 Å². The molecule has 0 aromatic heterocycles. The Morgan fingerprint density at radius 3 is 2.65 bits per heavy atom. The average Bonchev–Trinajstić information content (AvgIpc) is 2.61. The maximum absolute atomic E-state index is 12.5. The monoisotopic (exact) mass is 331 g/mol. The third kappa shape index (κ3) is 4.17. The maximum Gasteiger partial charge on any atom is 0.414 e. The zero-order valence-corrected chi connectivity index (χ0v) is 13.9. The van der Waals surface area contributed by atoms with E-state index >= 15 is 0 Å². The summed E-state index contributed by atoms with van der Waals surface area (Å²) in [5.41, 5.74) is 0.990. The molecule has 122 valence electrons. The molecule has 23 heavy (non-hydrogen) atoms. The largest absolute Gasteiger partial charge is 0.444 e. The molecule has 0 radical (unpaired) electrons. The lowest BCUT2D eigenvalue weighted by Crippen LogP contribution is -2.42. The highest BCUT2D eigenvalue weighted by Crippen LogP contribution is 2.33. The summed E-state index contributed by atoms with van der Waals surface area (Å²) in [4.78, 5) is 14.2. The molecule has 1 heterocycles. The lowest BCUT2D eigenvalue weighted by molar-refractivity contribution is 0.0908. The zero-order chi connectivity index (χ0) is 16.1. The number of carbonyl (C=O) groups excluding carboxylic acids is 1. The number of rotatable bonds is 3. The smallest absolute Gasteiger partial charge is 0.414 e. The van der Waals surface area contributed by atoms with Gasteiger partial charge in [-0.05, 0) is 36.5 Å². The van der Waals surface area contributed by atoms with Crippen LogP contribution in [0.2, 0.25) is 0 Å². The minimum atomic E-state index is -0.305. The molecular weight excluding hydrogens is 310 g/mol. The minimum absolute atomic E-state index is 0.0103. The number of ether oxygens (including phenoxy) is 1. The minimum Gasteiger partial charge on any atom is -0.444 e. The predicted octanol–water partition coefficient (Wildman–Crippen LogP) is 5.22. The molecule has 2 aliphatic rings. The first-order valence-corrected chi connectivity index (χ1v) is 8.66. The molecule has 1 amide bonds. The van der Waals surface area contributed by atoms with Gasteiger partial charge in [-0.25, -0.2) is 4.79 Å². The third-order valence-corrected chi connectivity index (χ3v) is 4.85. The number of benzene rings is 1. The van der Waals surface area contributed by atoms with E-state index in [0.717, 1.165) is 18.4 Å². The van der Waals surface area contributed by atoms with Crippen molar-refractivity contribution in [2.24, 2.45) is 5.92 Å². The van der Waals surface area contributed by atoms with Crippen LogP contribution in [0.25, 0.3) is 0 Å². The number of hydrogen-bond acceptors (Lipinski definition) is 2. The Morgan fingerprint density at radius 2 is 1.91 bits per heavy atom. The molecule has 4 heteroatoms. The molecule has 1 saturated carbocycles. The van der Waals surface area contributed by atoms with Gasteiger partial charge in [-0.3, -0.25) is 4.90 Å². The Bertz CT molecular complexity index is 591. The van der Waals surface area contributed by atoms with Crippen LogP contribution >= 0.6 is 11.6 Å². The van der Waals surface area contributed by atoms with Crippen molar-refractivity contribution >= 4 is 17.7 Å². The topological polar surface area (TPSA) is 29.5 Å². The van der Waals surface area contributed by atoms with Crippen molar-refractivity contribution in [2.75, 3.05) is 0 Å². The van der Waals surface area contributed by atoms with Gasteiger partial charge >= 0.3 is 6.09 Å². The van der Waals surface area contributed by atoms with Gasteiger partial charge in [-0.1, -0.05) is 61.2 Å². The fraction of sp³-hybridized carbons (Fsp3) is 0.421. The Labute approximate surface area is 142 Å². The second kappa shape index (κ2) is 7.69. The average molecular weight is 332 g/mol. The Balaban J connectivity index is 1.66. The van der Waals surface area contributed by atoms with E-state index in [1.165, 1.54) is 19.3 Å². The molecule has 1 aliphatic heterocycles. The highest BCUT2D eigenvalue weighted by molar-refractivity contribution is 6.31. The number of allylic oxidation sites excluding steroid dienone is 2. The highest BCUT2D eigenvalue weighted by Gasteiger charge is 2.31. The van der Waals surface area contributed by atoms with Gasteiger partial charge in [-0.15, -0.1) is 0 Å².